The maximum Gasteiger partial charge on any atom is 0.253 e. The molecule has 0 bridgehead atoms. The summed E-state index contributed by atoms with van der Waals surface area (Å²) in [7, 11) is 0. The zero-order valence-electron chi connectivity index (χ0n) is 17.1. The third-order valence-corrected chi connectivity index (χ3v) is 5.26. The first-order valence-corrected chi connectivity index (χ1v) is 10.2. The molecular weight excluding hydrogens is 392 g/mol. The molecule has 2 amide bonds. The normalized spacial score (nSPS) is 14.3. The Hall–Kier alpha value is -3.71. The van der Waals surface area contributed by atoms with Crippen LogP contribution in [0.15, 0.2) is 73.1 Å². The first-order chi connectivity index (χ1) is 15.1. The van der Waals surface area contributed by atoms with Gasteiger partial charge in [0.2, 0.25) is 5.91 Å². The molecule has 1 saturated heterocycles. The Kier molecular flexibility index (Phi) is 6.24. The summed E-state index contributed by atoms with van der Waals surface area (Å²) in [6.07, 6.45) is 3.66. The molecule has 3 aromatic rings. The van der Waals surface area contributed by atoms with E-state index in [1.807, 2.05) is 17.2 Å². The van der Waals surface area contributed by atoms with Gasteiger partial charge in [-0.2, -0.15) is 0 Å². The topological polar surface area (TPSA) is 88.8 Å². The minimum atomic E-state index is -0.479. The van der Waals surface area contributed by atoms with E-state index >= 15 is 0 Å². The van der Waals surface area contributed by atoms with Crippen LogP contribution in [0.2, 0.25) is 0 Å². The van der Waals surface area contributed by atoms with Crippen LogP contribution in [-0.2, 0) is 6.54 Å². The number of benzene rings is 2. The Labute approximate surface area is 181 Å². The van der Waals surface area contributed by atoms with E-state index in [4.69, 9.17) is 10.5 Å². The number of aromatic nitrogens is 1. The average molecular weight is 416 g/mol. The van der Waals surface area contributed by atoms with E-state index in [9.17, 15) is 9.59 Å². The summed E-state index contributed by atoms with van der Waals surface area (Å²) in [5.41, 5.74) is 7.49. The number of ether oxygens (including phenoxy) is 1. The van der Waals surface area contributed by atoms with Crippen molar-refractivity contribution in [1.29, 1.82) is 0 Å². The molecule has 2 aromatic carbocycles. The zero-order valence-corrected chi connectivity index (χ0v) is 17.1. The minimum absolute atomic E-state index is 0.0263. The first kappa shape index (κ1) is 20.6. The fourth-order valence-corrected chi connectivity index (χ4v) is 3.53. The molecule has 4 rings (SSSR count). The van der Waals surface area contributed by atoms with Gasteiger partial charge in [-0.05, 0) is 60.2 Å². The number of amides is 2. The molecule has 2 heterocycles. The number of piperazine rings is 1. The van der Waals surface area contributed by atoms with Gasteiger partial charge in [-0.3, -0.25) is 19.5 Å². The molecule has 1 fully saturated rings. The van der Waals surface area contributed by atoms with Gasteiger partial charge >= 0.3 is 0 Å². The Morgan fingerprint density at radius 1 is 0.871 bits per heavy atom. The van der Waals surface area contributed by atoms with Crippen molar-refractivity contribution in [2.45, 2.75) is 6.54 Å². The summed E-state index contributed by atoms with van der Waals surface area (Å²) in [5, 5.41) is 0. The Morgan fingerprint density at radius 2 is 1.48 bits per heavy atom. The van der Waals surface area contributed by atoms with E-state index in [0.717, 1.165) is 19.6 Å². The van der Waals surface area contributed by atoms with Crippen molar-refractivity contribution < 1.29 is 14.3 Å². The highest BCUT2D eigenvalue weighted by molar-refractivity contribution is 5.94. The summed E-state index contributed by atoms with van der Waals surface area (Å²) < 4.78 is 5.78. The predicted octanol–water partition coefficient (Wildman–Crippen LogP) is 2.93. The molecule has 0 atom stereocenters. The van der Waals surface area contributed by atoms with E-state index in [1.54, 1.807) is 54.7 Å². The quantitative estimate of drug-likeness (QED) is 0.667. The van der Waals surface area contributed by atoms with Crippen LogP contribution in [0.4, 0.5) is 0 Å². The summed E-state index contributed by atoms with van der Waals surface area (Å²) in [6.45, 7) is 3.92. The van der Waals surface area contributed by atoms with Crippen LogP contribution in [0.25, 0.3) is 0 Å². The van der Waals surface area contributed by atoms with Gasteiger partial charge in [0.15, 0.2) is 0 Å². The van der Waals surface area contributed by atoms with Gasteiger partial charge in [-0.1, -0.05) is 6.07 Å². The number of carbonyl (C=O) groups excluding carboxylic acids is 2. The lowest BCUT2D eigenvalue weighted by molar-refractivity contribution is 0.0628. The van der Waals surface area contributed by atoms with Crippen molar-refractivity contribution >= 4 is 11.8 Å². The number of pyridine rings is 1. The van der Waals surface area contributed by atoms with Crippen molar-refractivity contribution in [3.05, 3.63) is 89.7 Å². The number of primary amides is 1. The first-order valence-electron chi connectivity index (χ1n) is 10.2. The molecule has 0 spiro atoms. The summed E-state index contributed by atoms with van der Waals surface area (Å²) in [5.74, 6) is 0.754. The number of rotatable bonds is 6. The Balaban J connectivity index is 1.30. The van der Waals surface area contributed by atoms with Gasteiger partial charge in [0.25, 0.3) is 5.91 Å². The van der Waals surface area contributed by atoms with Crippen molar-refractivity contribution in [1.82, 2.24) is 14.8 Å². The highest BCUT2D eigenvalue weighted by Gasteiger charge is 2.22. The monoisotopic (exact) mass is 416 g/mol. The highest BCUT2D eigenvalue weighted by Crippen LogP contribution is 2.23. The molecular formula is C24H24N4O3. The Bertz CT molecular complexity index is 1030. The van der Waals surface area contributed by atoms with Crippen LogP contribution in [-0.4, -0.2) is 52.8 Å². The fourth-order valence-electron chi connectivity index (χ4n) is 3.53. The van der Waals surface area contributed by atoms with Crippen LogP contribution in [0.1, 0.15) is 26.3 Å². The zero-order chi connectivity index (χ0) is 21.6. The van der Waals surface area contributed by atoms with Crippen molar-refractivity contribution in [2.75, 3.05) is 26.2 Å². The van der Waals surface area contributed by atoms with Gasteiger partial charge in [0.05, 0.1) is 0 Å². The minimum Gasteiger partial charge on any atom is -0.457 e. The molecule has 0 unspecified atom stereocenters. The van der Waals surface area contributed by atoms with Gasteiger partial charge in [-0.25, -0.2) is 0 Å². The van der Waals surface area contributed by atoms with Gasteiger partial charge in [0, 0.05) is 56.2 Å². The second-order valence-corrected chi connectivity index (χ2v) is 7.44. The van der Waals surface area contributed by atoms with Crippen LogP contribution in [0.3, 0.4) is 0 Å². The molecule has 0 radical (unpaired) electrons. The molecule has 7 nitrogen and oxygen atoms in total. The van der Waals surface area contributed by atoms with Gasteiger partial charge < -0.3 is 15.4 Å². The maximum absolute atomic E-state index is 12.8. The third kappa shape index (κ3) is 5.26. The molecule has 158 valence electrons. The molecule has 1 aromatic heterocycles. The molecule has 7 heteroatoms. The number of nitrogens with zero attached hydrogens (tertiary/aromatic N) is 3. The average Bonchev–Trinajstić information content (AvgIpc) is 2.81. The van der Waals surface area contributed by atoms with Gasteiger partial charge in [-0.15, -0.1) is 0 Å². The van der Waals surface area contributed by atoms with Crippen LogP contribution in [0, 0.1) is 0 Å². The molecule has 1 aliphatic heterocycles. The third-order valence-electron chi connectivity index (χ3n) is 5.26. The van der Waals surface area contributed by atoms with E-state index in [-0.39, 0.29) is 5.91 Å². The van der Waals surface area contributed by atoms with Gasteiger partial charge in [0.1, 0.15) is 11.5 Å². The highest BCUT2D eigenvalue weighted by atomic mass is 16.5. The van der Waals surface area contributed by atoms with Crippen LogP contribution < -0.4 is 10.5 Å². The Morgan fingerprint density at radius 3 is 2.03 bits per heavy atom. The van der Waals surface area contributed by atoms with E-state index < -0.39 is 5.91 Å². The lowest BCUT2D eigenvalue weighted by atomic mass is 10.1. The summed E-state index contributed by atoms with van der Waals surface area (Å²) in [6, 6.07) is 17.7. The number of carbonyl (C=O) groups is 2. The van der Waals surface area contributed by atoms with Crippen molar-refractivity contribution in [3.63, 3.8) is 0 Å². The predicted molar refractivity (Wildman–Crippen MR) is 117 cm³/mol. The largest absolute Gasteiger partial charge is 0.457 e. The molecule has 31 heavy (non-hydrogen) atoms. The van der Waals surface area contributed by atoms with Crippen LogP contribution >= 0.6 is 0 Å². The molecule has 0 saturated carbocycles. The van der Waals surface area contributed by atoms with Crippen molar-refractivity contribution in [2.24, 2.45) is 5.73 Å². The maximum atomic E-state index is 12.8. The molecule has 2 N–H and O–H groups in total. The standard InChI is InChI=1S/C24H24N4O3/c25-23(29)19-3-7-21(8-4-19)31-22-9-5-20(6-10-22)24(30)28-14-12-27(13-15-28)17-18-2-1-11-26-16-18/h1-11,16H,12-15,17H2,(H2,25,29). The van der Waals surface area contributed by atoms with Crippen LogP contribution in [0.5, 0.6) is 11.5 Å². The van der Waals surface area contributed by atoms with E-state index in [1.165, 1.54) is 5.56 Å². The van der Waals surface area contributed by atoms with Crippen molar-refractivity contribution in [3.8, 4) is 11.5 Å². The summed E-state index contributed by atoms with van der Waals surface area (Å²) >= 11 is 0. The smallest absolute Gasteiger partial charge is 0.253 e. The SMILES string of the molecule is NC(=O)c1ccc(Oc2ccc(C(=O)N3CCN(Cc4cccnc4)CC3)cc2)cc1. The molecule has 0 aliphatic carbocycles. The second kappa shape index (κ2) is 9.40. The van der Waals surface area contributed by atoms with E-state index in [2.05, 4.69) is 16.0 Å². The number of nitrogens with two attached hydrogens (primary N) is 1. The lowest BCUT2D eigenvalue weighted by Crippen LogP contribution is -2.48. The second-order valence-electron chi connectivity index (χ2n) is 7.44. The number of hydrogen-bond donors (Lipinski definition) is 1. The fraction of sp³-hybridized carbons (Fsp3) is 0.208. The van der Waals surface area contributed by atoms with E-state index in [0.29, 0.717) is 35.7 Å². The lowest BCUT2D eigenvalue weighted by Gasteiger charge is -2.34. The molecule has 1 aliphatic rings. The summed E-state index contributed by atoms with van der Waals surface area (Å²) in [4.78, 5) is 32.4. The number of hydrogen-bond acceptors (Lipinski definition) is 5.